The molecule has 0 radical (unpaired) electrons. The number of carbonyl (C=O) groups is 1. The second-order valence-corrected chi connectivity index (χ2v) is 6.62. The van der Waals surface area contributed by atoms with Gasteiger partial charge in [0.15, 0.2) is 0 Å². The van der Waals surface area contributed by atoms with E-state index in [0.29, 0.717) is 17.8 Å². The maximum absolute atomic E-state index is 12.7. The van der Waals surface area contributed by atoms with Gasteiger partial charge in [-0.15, -0.1) is 0 Å². The van der Waals surface area contributed by atoms with Crippen LogP contribution in [0.25, 0.3) is 10.9 Å². The zero-order valence-corrected chi connectivity index (χ0v) is 15.4. The topological polar surface area (TPSA) is 82.9 Å². The van der Waals surface area contributed by atoms with Crippen LogP contribution >= 0.6 is 0 Å². The van der Waals surface area contributed by atoms with Crippen molar-refractivity contribution in [2.45, 2.75) is 6.42 Å². The summed E-state index contributed by atoms with van der Waals surface area (Å²) in [5.74, 6) is -0.113. The number of H-pyrrole nitrogens is 1. The van der Waals surface area contributed by atoms with Crippen molar-refractivity contribution in [3.8, 4) is 0 Å². The Bertz CT molecular complexity index is 1120. The summed E-state index contributed by atoms with van der Waals surface area (Å²) in [7, 11) is 0. The SMILES string of the molecule is Nc1ccccc1Nc1ccccc1C(=O)NCCc1c[nH]c2ccccc12. The fraction of sp³-hybridized carbons (Fsp3) is 0.0870. The van der Waals surface area contributed by atoms with E-state index < -0.39 is 0 Å². The zero-order valence-electron chi connectivity index (χ0n) is 15.4. The van der Waals surface area contributed by atoms with E-state index in [0.717, 1.165) is 23.3 Å². The Morgan fingerprint density at radius 1 is 0.893 bits per heavy atom. The van der Waals surface area contributed by atoms with E-state index in [1.54, 1.807) is 0 Å². The van der Waals surface area contributed by atoms with Crippen molar-refractivity contribution >= 4 is 33.9 Å². The molecule has 5 N–H and O–H groups in total. The number of hydrogen-bond donors (Lipinski definition) is 4. The molecule has 0 unspecified atom stereocenters. The van der Waals surface area contributed by atoms with Gasteiger partial charge in [0.1, 0.15) is 0 Å². The molecule has 0 saturated heterocycles. The van der Waals surface area contributed by atoms with Crippen LogP contribution in [0.5, 0.6) is 0 Å². The molecule has 0 aliphatic heterocycles. The van der Waals surface area contributed by atoms with Crippen LogP contribution in [0.4, 0.5) is 17.1 Å². The molecule has 5 heteroatoms. The van der Waals surface area contributed by atoms with Crippen LogP contribution in [-0.2, 0) is 6.42 Å². The molecule has 0 saturated carbocycles. The zero-order chi connectivity index (χ0) is 19.3. The molecular formula is C23H22N4O. The highest BCUT2D eigenvalue weighted by Crippen LogP contribution is 2.25. The van der Waals surface area contributed by atoms with Gasteiger partial charge >= 0.3 is 0 Å². The first kappa shape index (κ1) is 17.7. The van der Waals surface area contributed by atoms with Gasteiger partial charge in [-0.3, -0.25) is 4.79 Å². The molecule has 0 aliphatic carbocycles. The third-order valence-corrected chi connectivity index (χ3v) is 4.76. The molecule has 1 amide bonds. The minimum absolute atomic E-state index is 0.113. The predicted molar refractivity (Wildman–Crippen MR) is 115 cm³/mol. The van der Waals surface area contributed by atoms with Crippen LogP contribution in [0.1, 0.15) is 15.9 Å². The molecule has 28 heavy (non-hydrogen) atoms. The monoisotopic (exact) mass is 370 g/mol. The summed E-state index contributed by atoms with van der Waals surface area (Å²) in [6.45, 7) is 0.558. The van der Waals surface area contributed by atoms with Gasteiger partial charge in [0.2, 0.25) is 0 Å². The Morgan fingerprint density at radius 3 is 2.46 bits per heavy atom. The lowest BCUT2D eigenvalue weighted by atomic mass is 10.1. The third kappa shape index (κ3) is 3.69. The highest BCUT2D eigenvalue weighted by atomic mass is 16.1. The molecule has 0 atom stereocenters. The smallest absolute Gasteiger partial charge is 0.253 e. The van der Waals surface area contributed by atoms with Gasteiger partial charge in [0.05, 0.1) is 22.6 Å². The Balaban J connectivity index is 1.44. The number of nitrogen functional groups attached to an aromatic ring is 1. The number of amides is 1. The molecule has 0 bridgehead atoms. The second-order valence-electron chi connectivity index (χ2n) is 6.62. The van der Waals surface area contributed by atoms with Crippen LogP contribution in [0.15, 0.2) is 79.0 Å². The Labute approximate surface area is 163 Å². The maximum Gasteiger partial charge on any atom is 0.253 e. The van der Waals surface area contributed by atoms with E-state index in [4.69, 9.17) is 5.73 Å². The first-order valence-electron chi connectivity index (χ1n) is 9.26. The molecule has 0 fully saturated rings. The number of benzene rings is 3. The first-order chi connectivity index (χ1) is 13.7. The van der Waals surface area contributed by atoms with Gasteiger partial charge in [-0.2, -0.15) is 0 Å². The third-order valence-electron chi connectivity index (χ3n) is 4.76. The molecule has 1 aromatic heterocycles. The summed E-state index contributed by atoms with van der Waals surface area (Å²) in [5, 5.41) is 7.47. The molecule has 1 heterocycles. The fourth-order valence-electron chi connectivity index (χ4n) is 3.29. The lowest BCUT2D eigenvalue weighted by molar-refractivity contribution is 0.0955. The fourth-order valence-corrected chi connectivity index (χ4v) is 3.29. The summed E-state index contributed by atoms with van der Waals surface area (Å²) in [5.41, 5.74) is 11.0. The normalized spacial score (nSPS) is 10.7. The molecule has 0 aliphatic rings. The van der Waals surface area contributed by atoms with E-state index in [2.05, 4.69) is 27.8 Å². The number of para-hydroxylation sites is 4. The first-order valence-corrected chi connectivity index (χ1v) is 9.26. The number of fused-ring (bicyclic) bond motifs is 1. The minimum atomic E-state index is -0.113. The van der Waals surface area contributed by atoms with Crippen LogP contribution < -0.4 is 16.4 Å². The van der Waals surface area contributed by atoms with Crippen LogP contribution in [0.2, 0.25) is 0 Å². The van der Waals surface area contributed by atoms with E-state index in [1.165, 1.54) is 10.9 Å². The van der Waals surface area contributed by atoms with Crippen molar-refractivity contribution in [1.82, 2.24) is 10.3 Å². The Hall–Kier alpha value is -3.73. The van der Waals surface area contributed by atoms with Crippen LogP contribution in [-0.4, -0.2) is 17.4 Å². The maximum atomic E-state index is 12.7. The Morgan fingerprint density at radius 2 is 1.61 bits per heavy atom. The summed E-state index contributed by atoms with van der Waals surface area (Å²) in [6.07, 6.45) is 2.77. The van der Waals surface area contributed by atoms with E-state index in [1.807, 2.05) is 66.9 Å². The average molecular weight is 370 g/mol. The van der Waals surface area contributed by atoms with Crippen molar-refractivity contribution in [1.29, 1.82) is 0 Å². The number of anilines is 3. The predicted octanol–water partition coefficient (Wildman–Crippen LogP) is 4.47. The lowest BCUT2D eigenvalue weighted by Gasteiger charge is -2.13. The summed E-state index contributed by atoms with van der Waals surface area (Å²) >= 11 is 0. The molecule has 4 aromatic rings. The number of hydrogen-bond acceptors (Lipinski definition) is 3. The van der Waals surface area contributed by atoms with Crippen molar-refractivity contribution in [2.24, 2.45) is 0 Å². The molecule has 3 aromatic carbocycles. The molecule has 5 nitrogen and oxygen atoms in total. The van der Waals surface area contributed by atoms with Gasteiger partial charge in [-0.05, 0) is 42.3 Å². The highest BCUT2D eigenvalue weighted by Gasteiger charge is 2.12. The summed E-state index contributed by atoms with van der Waals surface area (Å²) < 4.78 is 0. The molecule has 0 spiro atoms. The average Bonchev–Trinajstić information content (AvgIpc) is 3.13. The number of rotatable bonds is 6. The van der Waals surface area contributed by atoms with Crippen molar-refractivity contribution in [2.75, 3.05) is 17.6 Å². The van der Waals surface area contributed by atoms with Gasteiger partial charge in [0.25, 0.3) is 5.91 Å². The second kappa shape index (κ2) is 7.88. The largest absolute Gasteiger partial charge is 0.397 e. The molecule has 140 valence electrons. The number of aromatic nitrogens is 1. The standard InChI is InChI=1S/C23H22N4O/c24-19-9-3-6-12-22(19)27-21-11-5-2-8-18(21)23(28)25-14-13-16-15-26-20-10-4-1-7-17(16)20/h1-12,15,26-27H,13-14,24H2,(H,25,28). The Kier molecular flexibility index (Phi) is 4.97. The number of aromatic amines is 1. The van der Waals surface area contributed by atoms with Gasteiger partial charge in [0, 0.05) is 23.6 Å². The van der Waals surface area contributed by atoms with Crippen LogP contribution in [0, 0.1) is 0 Å². The van der Waals surface area contributed by atoms with Gasteiger partial charge in [-0.1, -0.05) is 42.5 Å². The molecule has 4 rings (SSSR count). The molecular weight excluding hydrogens is 348 g/mol. The number of nitrogens with two attached hydrogens (primary N) is 1. The summed E-state index contributed by atoms with van der Waals surface area (Å²) in [6, 6.07) is 23.1. The van der Waals surface area contributed by atoms with E-state index in [9.17, 15) is 4.79 Å². The minimum Gasteiger partial charge on any atom is -0.397 e. The van der Waals surface area contributed by atoms with Crippen molar-refractivity contribution in [3.63, 3.8) is 0 Å². The lowest BCUT2D eigenvalue weighted by Crippen LogP contribution is -2.26. The van der Waals surface area contributed by atoms with Crippen molar-refractivity contribution < 1.29 is 4.79 Å². The highest BCUT2D eigenvalue weighted by molar-refractivity contribution is 6.00. The number of nitrogens with one attached hydrogen (secondary N) is 3. The summed E-state index contributed by atoms with van der Waals surface area (Å²) in [4.78, 5) is 16.0. The van der Waals surface area contributed by atoms with Gasteiger partial charge < -0.3 is 21.4 Å². The van der Waals surface area contributed by atoms with Gasteiger partial charge in [-0.25, -0.2) is 0 Å². The van der Waals surface area contributed by atoms with E-state index in [-0.39, 0.29) is 5.91 Å². The van der Waals surface area contributed by atoms with Crippen LogP contribution in [0.3, 0.4) is 0 Å². The quantitative estimate of drug-likeness (QED) is 0.378. The van der Waals surface area contributed by atoms with E-state index >= 15 is 0 Å². The van der Waals surface area contributed by atoms with Crippen molar-refractivity contribution in [3.05, 3.63) is 90.1 Å². The number of carbonyl (C=O) groups excluding carboxylic acids is 1.